The molecule has 1 aliphatic rings. The highest BCUT2D eigenvalue weighted by Crippen LogP contribution is 2.30. The van der Waals surface area contributed by atoms with Crippen LogP contribution in [0.5, 0.6) is 5.75 Å². The average Bonchev–Trinajstić information content (AvgIpc) is 2.37. The van der Waals surface area contributed by atoms with Crippen LogP contribution in [0.3, 0.4) is 0 Å². The summed E-state index contributed by atoms with van der Waals surface area (Å²) < 4.78 is 5.30. The first-order valence-electron chi connectivity index (χ1n) is 6.03. The van der Waals surface area contributed by atoms with Gasteiger partial charge in [-0.3, -0.25) is 4.79 Å². The molecule has 0 saturated heterocycles. The molecule has 0 bridgehead atoms. The summed E-state index contributed by atoms with van der Waals surface area (Å²) >= 11 is 0. The van der Waals surface area contributed by atoms with Crippen molar-refractivity contribution in [1.29, 1.82) is 0 Å². The number of hydrogen-bond acceptors (Lipinski definition) is 4. The monoisotopic (exact) mass is 250 g/mol. The summed E-state index contributed by atoms with van der Waals surface area (Å²) in [6, 6.07) is 5.83. The van der Waals surface area contributed by atoms with E-state index in [0.29, 0.717) is 11.4 Å². The van der Waals surface area contributed by atoms with Crippen molar-refractivity contribution in [3.05, 3.63) is 23.8 Å². The van der Waals surface area contributed by atoms with Gasteiger partial charge in [0.05, 0.1) is 12.3 Å². The van der Waals surface area contributed by atoms with Crippen molar-refractivity contribution in [2.24, 2.45) is 0 Å². The Bertz CT molecular complexity index is 448. The molecule has 18 heavy (non-hydrogen) atoms. The average molecular weight is 250 g/mol. The van der Waals surface area contributed by atoms with Crippen LogP contribution in [0.2, 0.25) is 0 Å². The van der Waals surface area contributed by atoms with Crippen LogP contribution in [0.4, 0.5) is 5.69 Å². The molecule has 1 heterocycles. The number of ether oxygens (including phenoxy) is 1. The second-order valence-electron chi connectivity index (χ2n) is 4.56. The summed E-state index contributed by atoms with van der Waals surface area (Å²) in [5.74, 6) is 0.560. The van der Waals surface area contributed by atoms with E-state index in [4.69, 9.17) is 9.84 Å². The Morgan fingerprint density at radius 1 is 1.50 bits per heavy atom. The molecule has 5 heteroatoms. The number of nitrogens with one attached hydrogen (secondary N) is 2. The molecule has 98 valence electrons. The summed E-state index contributed by atoms with van der Waals surface area (Å²) in [7, 11) is 0. The minimum Gasteiger partial charge on any atom is -0.482 e. The molecule has 1 amide bonds. The molecule has 1 aromatic carbocycles. The molecule has 3 N–H and O–H groups in total. The molecule has 0 fully saturated rings. The highest BCUT2D eigenvalue weighted by atomic mass is 16.5. The molecule has 2 unspecified atom stereocenters. The van der Waals surface area contributed by atoms with Crippen LogP contribution in [0.1, 0.15) is 25.5 Å². The second kappa shape index (κ2) is 5.37. The van der Waals surface area contributed by atoms with E-state index >= 15 is 0 Å². The lowest BCUT2D eigenvalue weighted by Crippen LogP contribution is -2.32. The van der Waals surface area contributed by atoms with Crippen molar-refractivity contribution >= 4 is 11.6 Å². The Labute approximate surface area is 106 Å². The van der Waals surface area contributed by atoms with E-state index in [0.717, 1.165) is 5.56 Å². The molecule has 0 aromatic heterocycles. The van der Waals surface area contributed by atoms with E-state index in [1.807, 2.05) is 32.0 Å². The van der Waals surface area contributed by atoms with E-state index in [2.05, 4.69) is 10.6 Å². The lowest BCUT2D eigenvalue weighted by Gasteiger charge is -2.22. The molecule has 2 rings (SSSR count). The van der Waals surface area contributed by atoms with E-state index in [-0.39, 0.29) is 31.2 Å². The van der Waals surface area contributed by atoms with Gasteiger partial charge in [-0.1, -0.05) is 6.07 Å². The van der Waals surface area contributed by atoms with Gasteiger partial charge in [0, 0.05) is 12.1 Å². The maximum absolute atomic E-state index is 11.2. The smallest absolute Gasteiger partial charge is 0.262 e. The van der Waals surface area contributed by atoms with Crippen molar-refractivity contribution in [2.45, 2.75) is 25.9 Å². The fourth-order valence-electron chi connectivity index (χ4n) is 1.95. The Kier molecular flexibility index (Phi) is 3.84. The van der Waals surface area contributed by atoms with Crippen LogP contribution in [-0.2, 0) is 4.79 Å². The number of aliphatic hydroxyl groups is 1. The van der Waals surface area contributed by atoms with Gasteiger partial charge >= 0.3 is 0 Å². The number of anilines is 1. The van der Waals surface area contributed by atoms with Gasteiger partial charge in [-0.25, -0.2) is 0 Å². The second-order valence-corrected chi connectivity index (χ2v) is 4.56. The van der Waals surface area contributed by atoms with Crippen molar-refractivity contribution in [3.8, 4) is 5.75 Å². The summed E-state index contributed by atoms with van der Waals surface area (Å²) in [6.07, 6.45) is 0. The summed E-state index contributed by atoms with van der Waals surface area (Å²) in [6.45, 7) is 4.09. The molecular formula is C13H18N2O3. The van der Waals surface area contributed by atoms with Crippen molar-refractivity contribution < 1.29 is 14.6 Å². The quantitative estimate of drug-likeness (QED) is 0.747. The van der Waals surface area contributed by atoms with E-state index in [1.165, 1.54) is 0 Å². The van der Waals surface area contributed by atoms with Crippen molar-refractivity contribution in [3.63, 3.8) is 0 Å². The molecule has 1 aliphatic heterocycles. The van der Waals surface area contributed by atoms with Crippen LogP contribution in [0, 0.1) is 0 Å². The van der Waals surface area contributed by atoms with Crippen LogP contribution < -0.4 is 15.4 Å². The number of hydrogen-bond donors (Lipinski definition) is 3. The van der Waals surface area contributed by atoms with Gasteiger partial charge < -0.3 is 20.5 Å². The minimum atomic E-state index is -0.135. The van der Waals surface area contributed by atoms with Crippen molar-refractivity contribution in [1.82, 2.24) is 5.32 Å². The van der Waals surface area contributed by atoms with Crippen LogP contribution in [-0.4, -0.2) is 30.3 Å². The minimum absolute atomic E-state index is 0.0295. The molecule has 5 nitrogen and oxygen atoms in total. The molecule has 0 saturated carbocycles. The largest absolute Gasteiger partial charge is 0.482 e. The van der Waals surface area contributed by atoms with Crippen molar-refractivity contribution in [2.75, 3.05) is 18.5 Å². The van der Waals surface area contributed by atoms with E-state index in [9.17, 15) is 4.79 Å². The van der Waals surface area contributed by atoms with E-state index < -0.39 is 0 Å². The molecule has 0 radical (unpaired) electrons. The highest BCUT2D eigenvalue weighted by molar-refractivity contribution is 5.95. The molecule has 2 atom stereocenters. The molecular weight excluding hydrogens is 232 g/mol. The van der Waals surface area contributed by atoms with Crippen LogP contribution >= 0.6 is 0 Å². The normalized spacial score (nSPS) is 17.4. The lowest BCUT2D eigenvalue weighted by molar-refractivity contribution is -0.118. The first-order valence-corrected chi connectivity index (χ1v) is 6.03. The maximum atomic E-state index is 11.2. The zero-order valence-electron chi connectivity index (χ0n) is 10.6. The van der Waals surface area contributed by atoms with Gasteiger partial charge in [0.25, 0.3) is 5.91 Å². The van der Waals surface area contributed by atoms with Gasteiger partial charge in [0.2, 0.25) is 0 Å². The van der Waals surface area contributed by atoms with E-state index in [1.54, 1.807) is 0 Å². The molecule has 1 aromatic rings. The van der Waals surface area contributed by atoms with Crippen LogP contribution in [0.15, 0.2) is 18.2 Å². The fraction of sp³-hybridized carbons (Fsp3) is 0.462. The third kappa shape index (κ3) is 2.80. The third-order valence-electron chi connectivity index (χ3n) is 2.94. The molecule has 0 spiro atoms. The third-order valence-corrected chi connectivity index (χ3v) is 2.94. The molecule has 0 aliphatic carbocycles. The zero-order chi connectivity index (χ0) is 13.1. The van der Waals surface area contributed by atoms with Gasteiger partial charge in [0.1, 0.15) is 5.75 Å². The summed E-state index contributed by atoms with van der Waals surface area (Å²) in [4.78, 5) is 11.2. The predicted octanol–water partition coefficient (Wildman–Crippen LogP) is 1.05. The standard InChI is InChI=1S/C13H18N2O3/c1-8(6-16)14-9(2)10-3-4-12-11(5-10)15-13(17)7-18-12/h3-5,8-9,14,16H,6-7H2,1-2H3,(H,15,17). The Morgan fingerprint density at radius 3 is 3.00 bits per heavy atom. The van der Waals surface area contributed by atoms with Gasteiger partial charge in [-0.05, 0) is 31.5 Å². The number of rotatable bonds is 4. The van der Waals surface area contributed by atoms with Crippen LogP contribution in [0.25, 0.3) is 0 Å². The number of fused-ring (bicyclic) bond motifs is 1. The summed E-state index contributed by atoms with van der Waals surface area (Å²) in [5.41, 5.74) is 1.74. The lowest BCUT2D eigenvalue weighted by atomic mass is 10.1. The topological polar surface area (TPSA) is 70.6 Å². The first kappa shape index (κ1) is 12.9. The predicted molar refractivity (Wildman–Crippen MR) is 68.7 cm³/mol. The fourth-order valence-corrected chi connectivity index (χ4v) is 1.95. The SMILES string of the molecule is CC(CO)NC(C)c1ccc2c(c1)NC(=O)CO2. The Morgan fingerprint density at radius 2 is 2.28 bits per heavy atom. The summed E-state index contributed by atoms with van der Waals surface area (Å²) in [5, 5.41) is 15.1. The Hall–Kier alpha value is -1.59. The number of amides is 1. The zero-order valence-corrected chi connectivity index (χ0v) is 10.6. The number of carbonyl (C=O) groups is 1. The Balaban J connectivity index is 2.15. The van der Waals surface area contributed by atoms with Gasteiger partial charge in [0.15, 0.2) is 6.61 Å². The maximum Gasteiger partial charge on any atom is 0.262 e. The van der Waals surface area contributed by atoms with Gasteiger partial charge in [-0.15, -0.1) is 0 Å². The van der Waals surface area contributed by atoms with Gasteiger partial charge in [-0.2, -0.15) is 0 Å². The number of aliphatic hydroxyl groups excluding tert-OH is 1. The number of benzene rings is 1. The highest BCUT2D eigenvalue weighted by Gasteiger charge is 2.17. The first-order chi connectivity index (χ1) is 8.60. The number of carbonyl (C=O) groups excluding carboxylic acids is 1.